The highest BCUT2D eigenvalue weighted by molar-refractivity contribution is 7.98. The summed E-state index contributed by atoms with van der Waals surface area (Å²) in [6.45, 7) is 10.4. The predicted molar refractivity (Wildman–Crippen MR) is 123 cm³/mol. The van der Waals surface area contributed by atoms with Crippen LogP contribution in [0.15, 0.2) is 40.9 Å². The molecular weight excluding hydrogens is 432 g/mol. The summed E-state index contributed by atoms with van der Waals surface area (Å²) in [4.78, 5) is 5.10. The fourth-order valence-electron chi connectivity index (χ4n) is 3.97. The first-order valence-electron chi connectivity index (χ1n) is 10.6. The van der Waals surface area contributed by atoms with Gasteiger partial charge in [-0.1, -0.05) is 24.3 Å². The van der Waals surface area contributed by atoms with E-state index in [0.29, 0.717) is 35.8 Å². The van der Waals surface area contributed by atoms with Gasteiger partial charge in [0.1, 0.15) is 11.6 Å². The molecule has 0 N–H and O–H groups in total. The van der Waals surface area contributed by atoms with Crippen LogP contribution in [0, 0.1) is 6.92 Å². The lowest BCUT2D eigenvalue weighted by Gasteiger charge is -2.25. The second kappa shape index (κ2) is 9.13. The van der Waals surface area contributed by atoms with Gasteiger partial charge in [-0.05, 0) is 44.9 Å². The Hall–Kier alpha value is -2.17. The SMILES string of the molecule is C=CCn1c(C)nnc1SCc1nc2cc(S(=O)(=O)N3CCCCC3)ccc2n1CC. The molecule has 166 valence electrons. The normalized spacial score (nSPS) is 15.5. The van der Waals surface area contributed by atoms with Crippen LogP contribution in [0.4, 0.5) is 0 Å². The van der Waals surface area contributed by atoms with Gasteiger partial charge in [0.05, 0.1) is 21.7 Å². The molecule has 0 atom stereocenters. The number of benzene rings is 1. The van der Waals surface area contributed by atoms with E-state index < -0.39 is 10.0 Å². The number of rotatable bonds is 8. The Balaban J connectivity index is 1.62. The van der Waals surface area contributed by atoms with Crippen molar-refractivity contribution >= 4 is 32.8 Å². The van der Waals surface area contributed by atoms with Crippen molar-refractivity contribution < 1.29 is 8.42 Å². The zero-order chi connectivity index (χ0) is 22.0. The van der Waals surface area contributed by atoms with E-state index in [0.717, 1.165) is 48.1 Å². The van der Waals surface area contributed by atoms with Crippen LogP contribution in [0.1, 0.15) is 37.8 Å². The van der Waals surface area contributed by atoms with E-state index in [-0.39, 0.29) is 0 Å². The average Bonchev–Trinajstić information content (AvgIpc) is 3.32. The minimum atomic E-state index is -3.48. The molecule has 0 bridgehead atoms. The van der Waals surface area contributed by atoms with E-state index in [9.17, 15) is 8.42 Å². The molecule has 3 aromatic rings. The Morgan fingerprint density at radius 1 is 1.16 bits per heavy atom. The molecule has 1 aliphatic rings. The molecule has 0 spiro atoms. The monoisotopic (exact) mass is 460 g/mol. The minimum Gasteiger partial charge on any atom is -0.328 e. The van der Waals surface area contributed by atoms with Gasteiger partial charge >= 0.3 is 0 Å². The molecule has 2 aromatic heterocycles. The summed E-state index contributed by atoms with van der Waals surface area (Å²) in [6.07, 6.45) is 4.76. The topological polar surface area (TPSA) is 85.9 Å². The number of piperidine rings is 1. The molecule has 4 rings (SSSR count). The Morgan fingerprint density at radius 2 is 1.94 bits per heavy atom. The molecule has 1 aromatic carbocycles. The van der Waals surface area contributed by atoms with E-state index in [2.05, 4.69) is 28.3 Å². The lowest BCUT2D eigenvalue weighted by molar-refractivity contribution is 0.346. The summed E-state index contributed by atoms with van der Waals surface area (Å²) < 4.78 is 31.9. The zero-order valence-corrected chi connectivity index (χ0v) is 19.6. The number of aryl methyl sites for hydroxylation is 2. The van der Waals surface area contributed by atoms with Gasteiger partial charge < -0.3 is 9.13 Å². The Morgan fingerprint density at radius 3 is 2.65 bits per heavy atom. The number of hydrogen-bond acceptors (Lipinski definition) is 6. The van der Waals surface area contributed by atoms with Crippen molar-refractivity contribution in [1.29, 1.82) is 0 Å². The molecule has 1 saturated heterocycles. The van der Waals surface area contributed by atoms with Crippen LogP contribution in [0.2, 0.25) is 0 Å². The van der Waals surface area contributed by atoms with Crippen molar-refractivity contribution in [3.8, 4) is 0 Å². The summed E-state index contributed by atoms with van der Waals surface area (Å²) >= 11 is 1.57. The first-order valence-corrected chi connectivity index (χ1v) is 13.0. The van der Waals surface area contributed by atoms with E-state index in [1.165, 1.54) is 0 Å². The van der Waals surface area contributed by atoms with Crippen LogP contribution in [-0.2, 0) is 28.9 Å². The number of nitrogens with zero attached hydrogens (tertiary/aromatic N) is 6. The second-order valence-electron chi connectivity index (χ2n) is 7.61. The average molecular weight is 461 g/mol. The molecule has 3 heterocycles. The minimum absolute atomic E-state index is 0.322. The van der Waals surface area contributed by atoms with Crippen LogP contribution >= 0.6 is 11.8 Å². The third kappa shape index (κ3) is 4.28. The molecule has 10 heteroatoms. The van der Waals surface area contributed by atoms with Gasteiger partial charge in [-0.25, -0.2) is 13.4 Å². The van der Waals surface area contributed by atoms with Crippen molar-refractivity contribution in [2.45, 2.75) is 62.0 Å². The Bertz CT molecular complexity index is 1190. The van der Waals surface area contributed by atoms with E-state index in [1.807, 2.05) is 23.6 Å². The second-order valence-corrected chi connectivity index (χ2v) is 10.5. The molecule has 1 aliphatic heterocycles. The largest absolute Gasteiger partial charge is 0.328 e. The Kier molecular flexibility index (Phi) is 6.49. The molecule has 0 unspecified atom stereocenters. The molecule has 8 nitrogen and oxygen atoms in total. The summed E-state index contributed by atoms with van der Waals surface area (Å²) in [5.74, 6) is 2.35. The number of aromatic nitrogens is 5. The third-order valence-corrected chi connectivity index (χ3v) is 8.47. The van der Waals surface area contributed by atoms with Crippen molar-refractivity contribution in [2.24, 2.45) is 0 Å². The number of fused-ring (bicyclic) bond motifs is 1. The number of imidazole rings is 1. The van der Waals surface area contributed by atoms with E-state index in [1.54, 1.807) is 28.2 Å². The first kappa shape index (κ1) is 22.0. The molecule has 0 radical (unpaired) electrons. The van der Waals surface area contributed by atoms with Gasteiger partial charge in [0.25, 0.3) is 0 Å². The molecule has 1 fully saturated rings. The van der Waals surface area contributed by atoms with Crippen molar-refractivity contribution in [1.82, 2.24) is 28.6 Å². The summed E-state index contributed by atoms with van der Waals surface area (Å²) in [6, 6.07) is 5.30. The molecule has 31 heavy (non-hydrogen) atoms. The highest BCUT2D eigenvalue weighted by Gasteiger charge is 2.26. The maximum Gasteiger partial charge on any atom is 0.243 e. The molecular formula is C21H28N6O2S2. The van der Waals surface area contributed by atoms with E-state index in [4.69, 9.17) is 4.98 Å². The van der Waals surface area contributed by atoms with Crippen molar-refractivity contribution in [3.63, 3.8) is 0 Å². The molecule has 0 aliphatic carbocycles. The molecule has 0 saturated carbocycles. The van der Waals surface area contributed by atoms with Gasteiger partial charge in [0.2, 0.25) is 10.0 Å². The number of thioether (sulfide) groups is 1. The Labute approximate surface area is 187 Å². The van der Waals surface area contributed by atoms with Gasteiger partial charge in [0.15, 0.2) is 5.16 Å². The molecule has 0 amide bonds. The smallest absolute Gasteiger partial charge is 0.243 e. The number of sulfonamides is 1. The predicted octanol–water partition coefficient (Wildman–Crippen LogP) is 3.61. The lowest BCUT2D eigenvalue weighted by Crippen LogP contribution is -2.35. The fourth-order valence-corrected chi connectivity index (χ4v) is 6.45. The van der Waals surface area contributed by atoms with E-state index >= 15 is 0 Å². The highest BCUT2D eigenvalue weighted by Crippen LogP contribution is 2.28. The quantitative estimate of drug-likeness (QED) is 0.377. The lowest BCUT2D eigenvalue weighted by atomic mass is 10.2. The number of allylic oxidation sites excluding steroid dienone is 1. The van der Waals surface area contributed by atoms with Gasteiger partial charge in [0, 0.05) is 26.2 Å². The summed E-state index contributed by atoms with van der Waals surface area (Å²) in [5, 5.41) is 9.24. The highest BCUT2D eigenvalue weighted by atomic mass is 32.2. The maximum absolute atomic E-state index is 13.1. The van der Waals surface area contributed by atoms with Crippen LogP contribution in [0.25, 0.3) is 11.0 Å². The van der Waals surface area contributed by atoms with Gasteiger partial charge in [-0.3, -0.25) is 0 Å². The van der Waals surface area contributed by atoms with Crippen molar-refractivity contribution in [2.75, 3.05) is 13.1 Å². The summed E-state index contributed by atoms with van der Waals surface area (Å²) in [7, 11) is -3.48. The van der Waals surface area contributed by atoms with Crippen LogP contribution in [0.3, 0.4) is 0 Å². The van der Waals surface area contributed by atoms with Gasteiger partial charge in [-0.15, -0.1) is 16.8 Å². The van der Waals surface area contributed by atoms with Gasteiger partial charge in [-0.2, -0.15) is 4.31 Å². The number of hydrogen-bond donors (Lipinski definition) is 0. The fraction of sp³-hybridized carbons (Fsp3) is 0.476. The van der Waals surface area contributed by atoms with Crippen LogP contribution < -0.4 is 0 Å². The van der Waals surface area contributed by atoms with Crippen LogP contribution in [0.5, 0.6) is 0 Å². The maximum atomic E-state index is 13.1. The first-order chi connectivity index (χ1) is 15.0. The standard InChI is InChI=1S/C21H28N6O2S2/c1-4-11-27-16(3)23-24-21(27)30-15-20-22-18-14-17(9-10-19(18)26(20)5-2)31(28,29)25-12-7-6-8-13-25/h4,9-10,14H,1,5-8,11-13,15H2,2-3H3. The van der Waals surface area contributed by atoms with Crippen LogP contribution in [-0.4, -0.2) is 50.1 Å². The zero-order valence-electron chi connectivity index (χ0n) is 18.0. The third-order valence-electron chi connectivity index (χ3n) is 5.61. The summed E-state index contributed by atoms with van der Waals surface area (Å²) in [5.41, 5.74) is 1.65. The van der Waals surface area contributed by atoms with Crippen molar-refractivity contribution in [3.05, 3.63) is 42.5 Å².